The number of fused-ring (bicyclic) bond motifs is 12. The molecule has 2 heterocycles. The van der Waals surface area contributed by atoms with Crippen LogP contribution in [0.15, 0.2) is 91.0 Å². The van der Waals surface area contributed by atoms with Crippen molar-refractivity contribution < 1.29 is 0 Å². The lowest BCUT2D eigenvalue weighted by Crippen LogP contribution is -2.07. The van der Waals surface area contributed by atoms with Gasteiger partial charge >= 0.3 is 0 Å². The van der Waals surface area contributed by atoms with Gasteiger partial charge in [-0.2, -0.15) is 0 Å². The van der Waals surface area contributed by atoms with Gasteiger partial charge in [-0.25, -0.2) is 0 Å². The maximum atomic E-state index is 2.54. The van der Waals surface area contributed by atoms with Crippen molar-refractivity contribution in [2.75, 3.05) is 0 Å². The number of benzene rings is 5. The Hall–Kier alpha value is -4.10. The van der Waals surface area contributed by atoms with Gasteiger partial charge in [-0.3, -0.25) is 0 Å². The van der Waals surface area contributed by atoms with Gasteiger partial charge < -0.3 is 4.57 Å². The molecule has 0 saturated heterocycles. The Balaban J connectivity index is 1.42. The summed E-state index contributed by atoms with van der Waals surface area (Å²) in [7, 11) is 0. The van der Waals surface area contributed by atoms with Crippen LogP contribution in [0, 0.1) is 0 Å². The minimum atomic E-state index is 1.01. The van der Waals surface area contributed by atoms with Gasteiger partial charge in [-0.15, -0.1) is 0 Å². The fraction of sp³-hybridized carbons (Fsp3) is 0.0909. The van der Waals surface area contributed by atoms with E-state index in [1.807, 2.05) is 0 Å². The monoisotopic (exact) mass is 431 g/mol. The number of rotatable bonds is 0. The Labute approximate surface area is 197 Å². The average molecular weight is 432 g/mol. The minimum absolute atomic E-state index is 1.01. The lowest BCUT2D eigenvalue weighted by Gasteiger charge is -2.20. The molecule has 0 fully saturated rings. The highest BCUT2D eigenvalue weighted by Gasteiger charge is 2.30. The van der Waals surface area contributed by atoms with Gasteiger partial charge in [0.1, 0.15) is 0 Å². The molecule has 2 aliphatic carbocycles. The van der Waals surface area contributed by atoms with Crippen molar-refractivity contribution in [3.8, 4) is 27.9 Å². The molecule has 0 saturated carbocycles. The Bertz CT molecular complexity index is 1880. The molecule has 3 aliphatic rings. The van der Waals surface area contributed by atoms with Crippen LogP contribution in [0.1, 0.15) is 33.4 Å². The Morgan fingerprint density at radius 2 is 1.18 bits per heavy atom. The van der Waals surface area contributed by atoms with E-state index in [1.165, 1.54) is 83.1 Å². The van der Waals surface area contributed by atoms with Gasteiger partial charge in [0.15, 0.2) is 0 Å². The normalized spacial score (nSPS) is 14.1. The molecular weight excluding hydrogens is 410 g/mol. The van der Waals surface area contributed by atoms with Crippen LogP contribution in [0.2, 0.25) is 0 Å². The van der Waals surface area contributed by atoms with Crippen molar-refractivity contribution in [2.45, 2.75) is 19.3 Å². The first-order chi connectivity index (χ1) is 16.8. The van der Waals surface area contributed by atoms with Gasteiger partial charge in [0, 0.05) is 22.9 Å². The highest BCUT2D eigenvalue weighted by Crippen LogP contribution is 2.51. The van der Waals surface area contributed by atoms with Gasteiger partial charge in [-0.05, 0) is 86.7 Å². The molecule has 0 bridgehead atoms. The Morgan fingerprint density at radius 3 is 2.09 bits per heavy atom. The fourth-order valence-electron chi connectivity index (χ4n) is 7.01. The van der Waals surface area contributed by atoms with Gasteiger partial charge in [0.25, 0.3) is 0 Å². The van der Waals surface area contributed by atoms with Crippen LogP contribution in [0.4, 0.5) is 0 Å². The molecule has 0 atom stereocenters. The molecule has 9 rings (SSSR count). The zero-order chi connectivity index (χ0) is 22.0. The Kier molecular flexibility index (Phi) is 3.00. The van der Waals surface area contributed by atoms with Crippen molar-refractivity contribution >= 4 is 21.8 Å². The molecule has 0 amide bonds. The molecule has 1 heteroatoms. The van der Waals surface area contributed by atoms with E-state index in [4.69, 9.17) is 0 Å². The summed E-state index contributed by atoms with van der Waals surface area (Å²) >= 11 is 0. The summed E-state index contributed by atoms with van der Waals surface area (Å²) in [5, 5.41) is 2.77. The van der Waals surface area contributed by atoms with Gasteiger partial charge in [-0.1, -0.05) is 72.8 Å². The van der Waals surface area contributed by atoms with E-state index in [0.29, 0.717) is 0 Å². The highest BCUT2D eigenvalue weighted by atomic mass is 15.0. The predicted molar refractivity (Wildman–Crippen MR) is 140 cm³/mol. The molecule has 0 N–H and O–H groups in total. The lowest BCUT2D eigenvalue weighted by atomic mass is 9.93. The number of nitrogens with zero attached hydrogens (tertiary/aromatic N) is 1. The summed E-state index contributed by atoms with van der Waals surface area (Å²) in [5.41, 5.74) is 18.6. The van der Waals surface area contributed by atoms with Gasteiger partial charge in [0.2, 0.25) is 0 Å². The number of hydrogen-bond acceptors (Lipinski definition) is 0. The second kappa shape index (κ2) is 5.87. The largest absolute Gasteiger partial charge is 0.309 e. The standard InChI is InChI=1S/C33H21N/c1-3-9-25-19(6-1)14-21-12-13-22-16-24-17-28-26-10-5-8-23-15-20-7-2-4-11-29(20)34(33(23)26)30(28)18-27(24)32(22)31(21)25/h1-13,17-18H,14-16H2. The zero-order valence-corrected chi connectivity index (χ0v) is 18.7. The SMILES string of the molecule is c1ccc2c(c1)Cc1ccc3c(c1-2)-c1cc2c(cc1C3)c1cccc3c1n2-c1ccccc1C3. The molecule has 1 aromatic heterocycles. The lowest BCUT2D eigenvalue weighted by molar-refractivity contribution is 1.04. The van der Waals surface area contributed by atoms with E-state index in [0.717, 1.165) is 19.3 Å². The topological polar surface area (TPSA) is 4.93 Å². The summed E-state index contributed by atoms with van der Waals surface area (Å²) in [5.74, 6) is 0. The third-order valence-corrected chi connectivity index (χ3v) is 8.40. The molecule has 0 unspecified atom stereocenters. The van der Waals surface area contributed by atoms with Crippen LogP contribution >= 0.6 is 0 Å². The molecule has 1 nitrogen and oxygen atoms in total. The third kappa shape index (κ3) is 1.98. The van der Waals surface area contributed by atoms with Crippen LogP contribution in [0.5, 0.6) is 0 Å². The summed E-state index contributed by atoms with van der Waals surface area (Å²) in [4.78, 5) is 0. The van der Waals surface area contributed by atoms with Crippen molar-refractivity contribution in [2.24, 2.45) is 0 Å². The second-order valence-corrected chi connectivity index (χ2v) is 10.1. The van der Waals surface area contributed by atoms with E-state index in [2.05, 4.69) is 95.6 Å². The first kappa shape index (κ1) is 17.4. The number of para-hydroxylation sites is 2. The molecule has 34 heavy (non-hydrogen) atoms. The van der Waals surface area contributed by atoms with Crippen LogP contribution in [-0.4, -0.2) is 4.57 Å². The molecule has 0 spiro atoms. The van der Waals surface area contributed by atoms with Crippen LogP contribution < -0.4 is 0 Å². The van der Waals surface area contributed by atoms with Crippen molar-refractivity contribution in [1.82, 2.24) is 4.57 Å². The van der Waals surface area contributed by atoms with Crippen molar-refractivity contribution in [3.63, 3.8) is 0 Å². The summed E-state index contributed by atoms with van der Waals surface area (Å²) in [6.45, 7) is 0. The number of aromatic nitrogens is 1. The fourth-order valence-corrected chi connectivity index (χ4v) is 7.01. The third-order valence-electron chi connectivity index (χ3n) is 8.40. The van der Waals surface area contributed by atoms with Crippen molar-refractivity contribution in [3.05, 3.63) is 124 Å². The first-order valence-corrected chi connectivity index (χ1v) is 12.3. The van der Waals surface area contributed by atoms with Crippen LogP contribution in [0.25, 0.3) is 49.7 Å². The van der Waals surface area contributed by atoms with E-state index in [9.17, 15) is 0 Å². The van der Waals surface area contributed by atoms with E-state index in [-0.39, 0.29) is 0 Å². The first-order valence-electron chi connectivity index (χ1n) is 12.3. The van der Waals surface area contributed by atoms with E-state index in [1.54, 1.807) is 0 Å². The molecule has 158 valence electrons. The maximum Gasteiger partial charge on any atom is 0.0576 e. The van der Waals surface area contributed by atoms with Gasteiger partial charge in [0.05, 0.1) is 11.0 Å². The highest BCUT2D eigenvalue weighted by molar-refractivity contribution is 6.13. The zero-order valence-electron chi connectivity index (χ0n) is 18.7. The number of hydrogen-bond donors (Lipinski definition) is 0. The maximum absolute atomic E-state index is 2.54. The van der Waals surface area contributed by atoms with E-state index < -0.39 is 0 Å². The van der Waals surface area contributed by atoms with Crippen molar-refractivity contribution in [1.29, 1.82) is 0 Å². The molecule has 5 aromatic carbocycles. The quantitative estimate of drug-likeness (QED) is 0.231. The average Bonchev–Trinajstić information content (AvgIpc) is 3.53. The Morgan fingerprint density at radius 1 is 0.471 bits per heavy atom. The second-order valence-electron chi connectivity index (χ2n) is 10.1. The molecule has 1 aliphatic heterocycles. The minimum Gasteiger partial charge on any atom is -0.309 e. The smallest absolute Gasteiger partial charge is 0.0576 e. The summed E-state index contributed by atoms with van der Waals surface area (Å²) < 4.78 is 2.54. The van der Waals surface area contributed by atoms with Crippen LogP contribution in [0.3, 0.4) is 0 Å². The molecular formula is C33H21N. The molecule has 6 aromatic rings. The van der Waals surface area contributed by atoms with Crippen LogP contribution in [-0.2, 0) is 19.3 Å². The predicted octanol–water partition coefficient (Wildman–Crippen LogP) is 7.83. The summed E-state index contributed by atoms with van der Waals surface area (Å²) in [6.07, 6.45) is 3.09. The summed E-state index contributed by atoms with van der Waals surface area (Å²) in [6, 6.07) is 34.5. The van der Waals surface area contributed by atoms with E-state index >= 15 is 0 Å². The molecule has 0 radical (unpaired) electrons.